The van der Waals surface area contributed by atoms with Gasteiger partial charge in [0, 0.05) is 24.2 Å². The van der Waals surface area contributed by atoms with Crippen molar-refractivity contribution >= 4 is 29.1 Å². The van der Waals surface area contributed by atoms with Crippen molar-refractivity contribution in [2.45, 2.75) is 12.8 Å². The molecule has 22 heavy (non-hydrogen) atoms. The number of piperidine rings is 1. The number of hydrogen-bond acceptors (Lipinski definition) is 4. The SMILES string of the molecule is O=C1C(Cl)=C(N2CCCC(C(=O)O)C2)C(=O)c2ccccc21. The van der Waals surface area contributed by atoms with Gasteiger partial charge in [-0.15, -0.1) is 0 Å². The Hall–Kier alpha value is -2.14. The third-order valence-electron chi connectivity index (χ3n) is 4.13. The number of carbonyl (C=O) groups is 3. The lowest BCUT2D eigenvalue weighted by molar-refractivity contribution is -0.143. The number of Topliss-reactive ketones (excluding diaryl/α,β-unsaturated/α-hetero) is 2. The number of likely N-dealkylation sites (tertiary alicyclic amines) is 1. The molecule has 0 bridgehead atoms. The van der Waals surface area contributed by atoms with Gasteiger partial charge in [0.1, 0.15) is 10.7 Å². The number of aliphatic carboxylic acids is 1. The van der Waals surface area contributed by atoms with E-state index >= 15 is 0 Å². The quantitative estimate of drug-likeness (QED) is 0.905. The van der Waals surface area contributed by atoms with Gasteiger partial charge >= 0.3 is 5.97 Å². The van der Waals surface area contributed by atoms with Crippen LogP contribution in [0.3, 0.4) is 0 Å². The van der Waals surface area contributed by atoms with Gasteiger partial charge < -0.3 is 10.0 Å². The van der Waals surface area contributed by atoms with Gasteiger partial charge in [-0.3, -0.25) is 14.4 Å². The maximum Gasteiger partial charge on any atom is 0.308 e. The van der Waals surface area contributed by atoms with E-state index in [1.807, 2.05) is 0 Å². The fraction of sp³-hybridized carbons (Fsp3) is 0.312. The normalized spacial score (nSPS) is 21.9. The Morgan fingerprint density at radius 2 is 1.82 bits per heavy atom. The van der Waals surface area contributed by atoms with Crippen molar-refractivity contribution < 1.29 is 19.5 Å². The number of ketones is 2. The molecule has 6 heteroatoms. The number of fused-ring (bicyclic) bond motifs is 1. The van der Waals surface area contributed by atoms with Gasteiger partial charge in [-0.25, -0.2) is 0 Å². The standard InChI is InChI=1S/C16H14ClNO4/c17-12-13(18-7-3-4-9(8-18)16(21)22)15(20)11-6-2-1-5-10(11)14(12)19/h1-2,5-6,9H,3-4,7-8H2,(H,21,22). The van der Waals surface area contributed by atoms with Crippen molar-refractivity contribution in [3.05, 3.63) is 46.1 Å². The summed E-state index contributed by atoms with van der Waals surface area (Å²) in [4.78, 5) is 37.8. The number of carboxylic acids is 1. The van der Waals surface area contributed by atoms with E-state index in [1.54, 1.807) is 29.2 Å². The first-order chi connectivity index (χ1) is 10.5. The minimum Gasteiger partial charge on any atom is -0.481 e. The van der Waals surface area contributed by atoms with Crippen molar-refractivity contribution in [1.29, 1.82) is 0 Å². The van der Waals surface area contributed by atoms with Gasteiger partial charge in [0.05, 0.1) is 5.92 Å². The van der Waals surface area contributed by atoms with E-state index in [1.165, 1.54) is 0 Å². The fourth-order valence-electron chi connectivity index (χ4n) is 3.00. The lowest BCUT2D eigenvalue weighted by atomic mass is 9.90. The number of hydrogen-bond donors (Lipinski definition) is 1. The van der Waals surface area contributed by atoms with Gasteiger partial charge in [0.2, 0.25) is 11.6 Å². The monoisotopic (exact) mass is 319 g/mol. The summed E-state index contributed by atoms with van der Waals surface area (Å²) in [5.41, 5.74) is 0.758. The highest BCUT2D eigenvalue weighted by molar-refractivity contribution is 6.49. The number of allylic oxidation sites excluding steroid dienone is 2. The topological polar surface area (TPSA) is 74.7 Å². The van der Waals surface area contributed by atoms with Gasteiger partial charge in [0.25, 0.3) is 0 Å². The molecule has 0 saturated carbocycles. The largest absolute Gasteiger partial charge is 0.481 e. The van der Waals surface area contributed by atoms with E-state index in [0.29, 0.717) is 30.5 Å². The van der Waals surface area contributed by atoms with Crippen molar-refractivity contribution in [2.24, 2.45) is 5.92 Å². The zero-order chi connectivity index (χ0) is 15.9. The molecule has 1 aliphatic heterocycles. The second-order valence-electron chi connectivity index (χ2n) is 5.49. The Balaban J connectivity index is 2.00. The number of halogens is 1. The van der Waals surface area contributed by atoms with Crippen LogP contribution in [0.1, 0.15) is 33.6 Å². The second kappa shape index (κ2) is 5.57. The van der Waals surface area contributed by atoms with E-state index in [-0.39, 0.29) is 28.8 Å². The van der Waals surface area contributed by atoms with Crippen molar-refractivity contribution in [3.63, 3.8) is 0 Å². The Morgan fingerprint density at radius 3 is 2.45 bits per heavy atom. The number of carboxylic acid groups (broad SMARTS) is 1. The van der Waals surface area contributed by atoms with Crippen LogP contribution in [0.5, 0.6) is 0 Å². The van der Waals surface area contributed by atoms with Crippen LogP contribution in [0, 0.1) is 5.92 Å². The third-order valence-corrected chi connectivity index (χ3v) is 4.48. The van der Waals surface area contributed by atoms with Crippen molar-refractivity contribution in [3.8, 4) is 0 Å². The molecule has 1 fully saturated rings. The van der Waals surface area contributed by atoms with Crippen LogP contribution in [-0.2, 0) is 4.79 Å². The van der Waals surface area contributed by atoms with Gasteiger partial charge in [-0.2, -0.15) is 0 Å². The minimum absolute atomic E-state index is 0.116. The van der Waals surface area contributed by atoms with E-state index in [9.17, 15) is 14.4 Å². The Labute approximate surface area is 132 Å². The first-order valence-electron chi connectivity index (χ1n) is 7.06. The minimum atomic E-state index is -0.892. The zero-order valence-corrected chi connectivity index (χ0v) is 12.5. The highest BCUT2D eigenvalue weighted by Crippen LogP contribution is 2.32. The third kappa shape index (κ3) is 2.31. The van der Waals surface area contributed by atoms with E-state index in [4.69, 9.17) is 16.7 Å². The molecule has 1 N–H and O–H groups in total. The molecule has 0 spiro atoms. The molecule has 1 heterocycles. The average molecular weight is 320 g/mol. The number of benzene rings is 1. The second-order valence-corrected chi connectivity index (χ2v) is 5.87. The molecule has 5 nitrogen and oxygen atoms in total. The summed E-state index contributed by atoms with van der Waals surface area (Å²) in [5.74, 6) is -2.14. The predicted octanol–water partition coefficient (Wildman–Crippen LogP) is 2.31. The summed E-state index contributed by atoms with van der Waals surface area (Å²) < 4.78 is 0. The molecule has 114 valence electrons. The summed E-state index contributed by atoms with van der Waals surface area (Å²) in [6.07, 6.45) is 1.21. The first kappa shape index (κ1) is 14.8. The first-order valence-corrected chi connectivity index (χ1v) is 7.44. The molecule has 1 aliphatic carbocycles. The number of carbonyl (C=O) groups excluding carboxylic acids is 2. The molecule has 1 aromatic carbocycles. The Morgan fingerprint density at radius 1 is 1.18 bits per heavy atom. The molecular weight excluding hydrogens is 306 g/mol. The van der Waals surface area contributed by atoms with Crippen LogP contribution >= 0.6 is 11.6 Å². The maximum absolute atomic E-state index is 12.7. The predicted molar refractivity (Wildman–Crippen MR) is 79.9 cm³/mol. The molecular formula is C16H14ClNO4. The van der Waals surface area contributed by atoms with Crippen LogP contribution in [-0.4, -0.2) is 40.6 Å². The summed E-state index contributed by atoms with van der Waals surface area (Å²) in [7, 11) is 0. The van der Waals surface area contributed by atoms with Crippen LogP contribution in [0.25, 0.3) is 0 Å². The fourth-order valence-corrected chi connectivity index (χ4v) is 3.30. The summed E-state index contributed by atoms with van der Waals surface area (Å²) in [6.45, 7) is 0.721. The van der Waals surface area contributed by atoms with Crippen LogP contribution in [0.15, 0.2) is 35.0 Å². The van der Waals surface area contributed by atoms with Gasteiger partial charge in [-0.1, -0.05) is 35.9 Å². The number of rotatable bonds is 2. The number of nitrogens with zero attached hydrogens (tertiary/aromatic N) is 1. The summed E-state index contributed by atoms with van der Waals surface area (Å²) in [5, 5.41) is 9.05. The molecule has 1 atom stereocenters. The molecule has 1 aromatic rings. The Kier molecular flexibility index (Phi) is 3.74. The van der Waals surface area contributed by atoms with Crippen molar-refractivity contribution in [2.75, 3.05) is 13.1 Å². The van der Waals surface area contributed by atoms with Crippen LogP contribution < -0.4 is 0 Å². The smallest absolute Gasteiger partial charge is 0.308 e. The highest BCUT2D eigenvalue weighted by atomic mass is 35.5. The van der Waals surface area contributed by atoms with Gasteiger partial charge in [0.15, 0.2) is 0 Å². The molecule has 0 aromatic heterocycles. The zero-order valence-electron chi connectivity index (χ0n) is 11.7. The summed E-state index contributed by atoms with van der Waals surface area (Å²) in [6, 6.07) is 6.54. The maximum atomic E-state index is 12.7. The average Bonchev–Trinajstić information content (AvgIpc) is 2.53. The van der Waals surface area contributed by atoms with E-state index in [2.05, 4.69) is 0 Å². The molecule has 1 unspecified atom stereocenters. The highest BCUT2D eigenvalue weighted by Gasteiger charge is 2.36. The molecule has 1 saturated heterocycles. The molecule has 3 rings (SSSR count). The molecule has 2 aliphatic rings. The van der Waals surface area contributed by atoms with Crippen LogP contribution in [0.4, 0.5) is 0 Å². The van der Waals surface area contributed by atoms with E-state index < -0.39 is 11.9 Å². The van der Waals surface area contributed by atoms with Crippen molar-refractivity contribution in [1.82, 2.24) is 4.90 Å². The summed E-state index contributed by atoms with van der Waals surface area (Å²) >= 11 is 6.14. The molecule has 0 radical (unpaired) electrons. The lowest BCUT2D eigenvalue weighted by Crippen LogP contribution is -2.42. The van der Waals surface area contributed by atoms with Crippen LogP contribution in [0.2, 0.25) is 0 Å². The van der Waals surface area contributed by atoms with Gasteiger partial charge in [-0.05, 0) is 12.8 Å². The van der Waals surface area contributed by atoms with E-state index in [0.717, 1.165) is 0 Å². The molecule has 0 amide bonds. The lowest BCUT2D eigenvalue weighted by Gasteiger charge is -2.35. The Bertz CT molecular complexity index is 710.